The first-order valence-electron chi connectivity index (χ1n) is 11.0. The second kappa shape index (κ2) is 11.3. The van der Waals surface area contributed by atoms with E-state index < -0.39 is 0 Å². The Bertz CT molecular complexity index is 860. The Kier molecular flexibility index (Phi) is 8.54. The van der Waals surface area contributed by atoms with Gasteiger partial charge in [-0.2, -0.15) is 11.8 Å². The average Bonchev–Trinajstić information content (AvgIpc) is 2.77. The third-order valence-corrected chi connectivity index (χ3v) is 6.06. The smallest absolute Gasteiger partial charge is 0.319 e. The van der Waals surface area contributed by atoms with Gasteiger partial charge in [0.2, 0.25) is 0 Å². The molecule has 0 spiro atoms. The highest BCUT2D eigenvalue weighted by atomic mass is 32.2. The Labute approximate surface area is 189 Å². The highest BCUT2D eigenvalue weighted by molar-refractivity contribution is 7.99. The van der Waals surface area contributed by atoms with Crippen molar-refractivity contribution in [2.75, 3.05) is 36.5 Å². The molecule has 0 aliphatic carbocycles. The molecule has 7 nitrogen and oxygen atoms in total. The van der Waals surface area contributed by atoms with Gasteiger partial charge >= 0.3 is 6.03 Å². The van der Waals surface area contributed by atoms with Crippen LogP contribution in [0.4, 0.5) is 16.3 Å². The number of amides is 2. The van der Waals surface area contributed by atoms with Crippen molar-refractivity contribution >= 4 is 29.3 Å². The maximum atomic E-state index is 11.9. The molecule has 168 valence electrons. The first-order valence-corrected chi connectivity index (χ1v) is 12.0. The second-order valence-corrected chi connectivity index (χ2v) is 9.54. The summed E-state index contributed by atoms with van der Waals surface area (Å²) in [6, 6.07) is 9.87. The number of morpholine rings is 1. The molecule has 1 aromatic carbocycles. The van der Waals surface area contributed by atoms with Crippen LogP contribution in [0, 0.1) is 0 Å². The predicted molar refractivity (Wildman–Crippen MR) is 129 cm³/mol. The summed E-state index contributed by atoms with van der Waals surface area (Å²) in [5.41, 5.74) is 2.70. The molecular weight excluding hydrogens is 410 g/mol. The highest BCUT2D eigenvalue weighted by Crippen LogP contribution is 2.26. The Balaban J connectivity index is 1.83. The molecule has 1 fully saturated rings. The Morgan fingerprint density at radius 1 is 1.29 bits per heavy atom. The van der Waals surface area contributed by atoms with Gasteiger partial charge in [0.15, 0.2) is 5.82 Å². The monoisotopic (exact) mass is 443 g/mol. The number of nitrogens with one attached hydrogen (secondary N) is 2. The lowest BCUT2D eigenvalue weighted by atomic mass is 10.2. The number of aromatic nitrogens is 2. The number of nitrogens with zero attached hydrogens (tertiary/aromatic N) is 3. The van der Waals surface area contributed by atoms with Crippen LogP contribution < -0.4 is 15.5 Å². The van der Waals surface area contributed by atoms with E-state index in [1.165, 1.54) is 0 Å². The summed E-state index contributed by atoms with van der Waals surface area (Å²) in [6.45, 7) is 11.5. The summed E-state index contributed by atoms with van der Waals surface area (Å²) < 4.78 is 5.60. The van der Waals surface area contributed by atoms with Crippen LogP contribution in [0.2, 0.25) is 0 Å². The third kappa shape index (κ3) is 6.83. The topological polar surface area (TPSA) is 79.4 Å². The van der Waals surface area contributed by atoms with Gasteiger partial charge < -0.3 is 20.3 Å². The fraction of sp³-hybridized carbons (Fsp3) is 0.522. The quantitative estimate of drug-likeness (QED) is 0.623. The van der Waals surface area contributed by atoms with Gasteiger partial charge in [0, 0.05) is 36.2 Å². The van der Waals surface area contributed by atoms with E-state index in [2.05, 4.69) is 42.4 Å². The third-order valence-electron chi connectivity index (χ3n) is 4.93. The van der Waals surface area contributed by atoms with E-state index in [0.29, 0.717) is 30.8 Å². The van der Waals surface area contributed by atoms with Crippen molar-refractivity contribution in [3.63, 3.8) is 0 Å². The summed E-state index contributed by atoms with van der Waals surface area (Å²) in [5.74, 6) is 2.50. The standard InChI is InChI=1S/C23H33N5O2S/c1-5-10-24-23(29)26-19-8-6-18(7-9-19)22-25-20(15-31-16(2)3)13-21(27-22)28-11-12-30-14-17(28)4/h6-9,13,16-17H,5,10-12,14-15H2,1-4H3,(H2,24,26,29)/t17-/m0/s1. The number of carbonyl (C=O) groups is 1. The van der Waals surface area contributed by atoms with Crippen LogP contribution in [-0.2, 0) is 10.5 Å². The normalized spacial score (nSPS) is 16.4. The SMILES string of the molecule is CCCNC(=O)Nc1ccc(-c2nc(CSC(C)C)cc(N3CCOC[C@@H]3C)n2)cc1. The molecular formula is C23H33N5O2S. The largest absolute Gasteiger partial charge is 0.377 e. The first-order chi connectivity index (χ1) is 15.0. The van der Waals surface area contributed by atoms with E-state index in [0.717, 1.165) is 41.5 Å². The Morgan fingerprint density at radius 2 is 2.06 bits per heavy atom. The maximum absolute atomic E-state index is 11.9. The summed E-state index contributed by atoms with van der Waals surface area (Å²) in [4.78, 5) is 23.9. The van der Waals surface area contributed by atoms with E-state index in [9.17, 15) is 4.79 Å². The summed E-state index contributed by atoms with van der Waals surface area (Å²) >= 11 is 1.87. The molecule has 1 aliphatic heterocycles. The molecule has 3 rings (SSSR count). The predicted octanol–water partition coefficient (Wildman–Crippen LogP) is 4.54. The van der Waals surface area contributed by atoms with E-state index in [1.807, 2.05) is 43.0 Å². The highest BCUT2D eigenvalue weighted by Gasteiger charge is 2.22. The maximum Gasteiger partial charge on any atom is 0.319 e. The van der Waals surface area contributed by atoms with E-state index in [4.69, 9.17) is 14.7 Å². The molecule has 1 aromatic heterocycles. The molecule has 0 unspecified atom stereocenters. The second-order valence-electron chi connectivity index (χ2n) is 7.98. The molecule has 0 saturated carbocycles. The average molecular weight is 444 g/mol. The molecule has 2 amide bonds. The lowest BCUT2D eigenvalue weighted by molar-refractivity contribution is 0.0985. The van der Waals surface area contributed by atoms with E-state index in [-0.39, 0.29) is 12.1 Å². The van der Waals surface area contributed by atoms with Gasteiger partial charge in [-0.15, -0.1) is 0 Å². The lowest BCUT2D eigenvalue weighted by Crippen LogP contribution is -2.44. The van der Waals surface area contributed by atoms with Crippen LogP contribution in [0.3, 0.4) is 0 Å². The fourth-order valence-electron chi connectivity index (χ4n) is 3.27. The van der Waals surface area contributed by atoms with Crippen molar-refractivity contribution in [2.24, 2.45) is 0 Å². The van der Waals surface area contributed by atoms with E-state index >= 15 is 0 Å². The molecule has 8 heteroatoms. The van der Waals surface area contributed by atoms with Gasteiger partial charge in [0.05, 0.1) is 24.9 Å². The van der Waals surface area contributed by atoms with Crippen LogP contribution >= 0.6 is 11.8 Å². The van der Waals surface area contributed by atoms with Gasteiger partial charge in [0.1, 0.15) is 5.82 Å². The van der Waals surface area contributed by atoms with Crippen LogP contribution in [-0.4, -0.2) is 53.6 Å². The number of ether oxygens (including phenoxy) is 1. The first kappa shape index (κ1) is 23.3. The minimum Gasteiger partial charge on any atom is -0.377 e. The fourth-order valence-corrected chi connectivity index (χ4v) is 3.92. The van der Waals surface area contributed by atoms with Crippen molar-refractivity contribution in [2.45, 2.75) is 51.2 Å². The molecule has 0 radical (unpaired) electrons. The molecule has 31 heavy (non-hydrogen) atoms. The van der Waals surface area contributed by atoms with Crippen molar-refractivity contribution in [3.05, 3.63) is 36.0 Å². The number of urea groups is 1. The lowest BCUT2D eigenvalue weighted by Gasteiger charge is -2.34. The zero-order valence-electron chi connectivity index (χ0n) is 18.9. The molecule has 1 aliphatic rings. The summed E-state index contributed by atoms with van der Waals surface area (Å²) in [5, 5.41) is 6.20. The molecule has 2 heterocycles. The number of benzene rings is 1. The minimum atomic E-state index is -0.192. The van der Waals surface area contributed by atoms with Crippen LogP contribution in [0.1, 0.15) is 39.8 Å². The molecule has 0 bridgehead atoms. The number of rotatable bonds is 8. The number of thioether (sulfide) groups is 1. The van der Waals surface area contributed by atoms with Crippen molar-refractivity contribution in [1.82, 2.24) is 15.3 Å². The number of hydrogen-bond donors (Lipinski definition) is 2. The van der Waals surface area contributed by atoms with Gasteiger partial charge in [-0.3, -0.25) is 0 Å². The van der Waals surface area contributed by atoms with Gasteiger partial charge in [-0.25, -0.2) is 14.8 Å². The molecule has 1 saturated heterocycles. The van der Waals surface area contributed by atoms with Crippen LogP contribution in [0.5, 0.6) is 0 Å². The summed E-state index contributed by atoms with van der Waals surface area (Å²) in [7, 11) is 0. The van der Waals surface area contributed by atoms with Crippen LogP contribution in [0.15, 0.2) is 30.3 Å². The van der Waals surface area contributed by atoms with Gasteiger partial charge in [0.25, 0.3) is 0 Å². The van der Waals surface area contributed by atoms with Crippen LogP contribution in [0.25, 0.3) is 11.4 Å². The molecule has 2 aromatic rings. The Morgan fingerprint density at radius 3 is 2.74 bits per heavy atom. The summed E-state index contributed by atoms with van der Waals surface area (Å²) in [6.07, 6.45) is 0.902. The van der Waals surface area contributed by atoms with Crippen molar-refractivity contribution in [1.29, 1.82) is 0 Å². The minimum absolute atomic E-state index is 0.192. The van der Waals surface area contributed by atoms with E-state index in [1.54, 1.807) is 0 Å². The number of carbonyl (C=O) groups excluding carboxylic acids is 1. The van der Waals surface area contributed by atoms with Gasteiger partial charge in [-0.05, 0) is 42.9 Å². The molecule has 1 atom stereocenters. The number of anilines is 2. The van der Waals surface area contributed by atoms with Crippen molar-refractivity contribution < 1.29 is 9.53 Å². The number of hydrogen-bond acceptors (Lipinski definition) is 6. The zero-order chi connectivity index (χ0) is 22.2. The van der Waals surface area contributed by atoms with Crippen molar-refractivity contribution in [3.8, 4) is 11.4 Å². The van der Waals surface area contributed by atoms with Gasteiger partial charge in [-0.1, -0.05) is 20.8 Å². The zero-order valence-corrected chi connectivity index (χ0v) is 19.7. The Hall–Kier alpha value is -2.32. The molecule has 2 N–H and O–H groups in total.